The Morgan fingerprint density at radius 1 is 1.00 bits per heavy atom. The number of hydrogen-bond donors (Lipinski definition) is 2. The highest BCUT2D eigenvalue weighted by molar-refractivity contribution is 5.76. The Balaban J connectivity index is 1.64. The second-order valence-electron chi connectivity index (χ2n) is 8.45. The third-order valence-electron chi connectivity index (χ3n) is 5.05. The van der Waals surface area contributed by atoms with Gasteiger partial charge in [-0.1, -0.05) is 20.8 Å². The third-order valence-corrected chi connectivity index (χ3v) is 5.05. The lowest BCUT2D eigenvalue weighted by atomic mass is 9.76. The fourth-order valence-corrected chi connectivity index (χ4v) is 4.01. The average Bonchev–Trinajstić information content (AvgIpc) is 2.40. The molecule has 1 amide bonds. The van der Waals surface area contributed by atoms with Gasteiger partial charge in [-0.15, -0.1) is 0 Å². The van der Waals surface area contributed by atoms with Gasteiger partial charge in [0, 0.05) is 12.5 Å². The van der Waals surface area contributed by atoms with E-state index in [2.05, 4.69) is 31.4 Å². The minimum atomic E-state index is 0.293. The van der Waals surface area contributed by atoms with Crippen molar-refractivity contribution >= 4 is 5.91 Å². The monoisotopic (exact) mass is 294 g/mol. The summed E-state index contributed by atoms with van der Waals surface area (Å²) in [5.74, 6) is 1.76. The number of piperidine rings is 1. The first-order valence-electron chi connectivity index (χ1n) is 8.92. The molecule has 1 aliphatic carbocycles. The van der Waals surface area contributed by atoms with Crippen molar-refractivity contribution in [3.8, 4) is 0 Å². The number of hydrogen-bond acceptors (Lipinski definition) is 2. The molecule has 2 rings (SSSR count). The average molecular weight is 294 g/mol. The van der Waals surface area contributed by atoms with Crippen LogP contribution in [0, 0.1) is 17.3 Å². The van der Waals surface area contributed by atoms with Gasteiger partial charge in [-0.05, 0) is 75.3 Å². The molecule has 1 saturated carbocycles. The minimum absolute atomic E-state index is 0.293. The van der Waals surface area contributed by atoms with Gasteiger partial charge >= 0.3 is 0 Å². The van der Waals surface area contributed by atoms with Crippen molar-refractivity contribution in [3.63, 3.8) is 0 Å². The van der Waals surface area contributed by atoms with E-state index < -0.39 is 0 Å². The van der Waals surface area contributed by atoms with Crippen molar-refractivity contribution in [1.29, 1.82) is 0 Å². The molecule has 0 aromatic carbocycles. The molecule has 0 aromatic rings. The Morgan fingerprint density at radius 3 is 2.19 bits per heavy atom. The molecule has 0 radical (unpaired) electrons. The van der Waals surface area contributed by atoms with Crippen LogP contribution in [0.4, 0.5) is 0 Å². The van der Waals surface area contributed by atoms with Crippen molar-refractivity contribution in [2.24, 2.45) is 17.3 Å². The standard InChI is InChI=1S/C18H34N2O/c1-18(2,3)13-15-4-6-16(7-5-15)20-17(21)12-14-8-10-19-11-9-14/h14-16,19H,4-13H2,1-3H3,(H,20,21). The molecular formula is C18H34N2O. The molecule has 1 aliphatic heterocycles. The smallest absolute Gasteiger partial charge is 0.220 e. The van der Waals surface area contributed by atoms with Crippen molar-refractivity contribution in [3.05, 3.63) is 0 Å². The normalized spacial score (nSPS) is 28.3. The van der Waals surface area contributed by atoms with E-state index >= 15 is 0 Å². The summed E-state index contributed by atoms with van der Waals surface area (Å²) in [5, 5.41) is 6.65. The summed E-state index contributed by atoms with van der Waals surface area (Å²) in [6, 6.07) is 0.440. The predicted molar refractivity (Wildman–Crippen MR) is 88.2 cm³/mol. The van der Waals surface area contributed by atoms with E-state index in [1.54, 1.807) is 0 Å². The van der Waals surface area contributed by atoms with Gasteiger partial charge in [0.2, 0.25) is 5.91 Å². The largest absolute Gasteiger partial charge is 0.353 e. The van der Waals surface area contributed by atoms with Crippen molar-refractivity contribution in [1.82, 2.24) is 10.6 Å². The summed E-state index contributed by atoms with van der Waals surface area (Å²) in [4.78, 5) is 12.2. The van der Waals surface area contributed by atoms with Crippen LogP contribution in [0.15, 0.2) is 0 Å². The molecule has 0 atom stereocenters. The van der Waals surface area contributed by atoms with Crippen LogP contribution in [0.2, 0.25) is 0 Å². The van der Waals surface area contributed by atoms with Gasteiger partial charge in [0.05, 0.1) is 0 Å². The van der Waals surface area contributed by atoms with E-state index in [1.165, 1.54) is 32.1 Å². The topological polar surface area (TPSA) is 41.1 Å². The van der Waals surface area contributed by atoms with Gasteiger partial charge in [-0.2, -0.15) is 0 Å². The summed E-state index contributed by atoms with van der Waals surface area (Å²) in [6.45, 7) is 9.16. The Morgan fingerprint density at radius 2 is 1.62 bits per heavy atom. The number of carbonyl (C=O) groups excluding carboxylic acids is 1. The van der Waals surface area contributed by atoms with Gasteiger partial charge in [0.15, 0.2) is 0 Å². The summed E-state index contributed by atoms with van der Waals surface area (Å²) in [5.41, 5.74) is 0.440. The lowest BCUT2D eigenvalue weighted by Crippen LogP contribution is -2.39. The van der Waals surface area contributed by atoms with E-state index in [0.717, 1.165) is 38.3 Å². The zero-order valence-corrected chi connectivity index (χ0v) is 14.2. The first-order chi connectivity index (χ1) is 9.92. The zero-order valence-electron chi connectivity index (χ0n) is 14.2. The van der Waals surface area contributed by atoms with Crippen LogP contribution in [0.1, 0.15) is 72.1 Å². The van der Waals surface area contributed by atoms with Crippen LogP contribution in [0.3, 0.4) is 0 Å². The predicted octanol–water partition coefficient (Wildman–Crippen LogP) is 3.49. The summed E-state index contributed by atoms with van der Waals surface area (Å²) < 4.78 is 0. The third kappa shape index (κ3) is 6.37. The van der Waals surface area contributed by atoms with Crippen LogP contribution in [0.5, 0.6) is 0 Å². The van der Waals surface area contributed by atoms with Gasteiger partial charge in [0.1, 0.15) is 0 Å². The van der Waals surface area contributed by atoms with Crippen LogP contribution >= 0.6 is 0 Å². The van der Waals surface area contributed by atoms with Crippen LogP contribution in [0.25, 0.3) is 0 Å². The van der Waals surface area contributed by atoms with E-state index in [1.807, 2.05) is 0 Å². The van der Waals surface area contributed by atoms with Crippen LogP contribution < -0.4 is 10.6 Å². The Kier molecular flexibility index (Phi) is 6.09. The minimum Gasteiger partial charge on any atom is -0.353 e. The maximum absolute atomic E-state index is 12.2. The van der Waals surface area contributed by atoms with Crippen LogP contribution in [-0.4, -0.2) is 25.0 Å². The molecule has 2 aliphatic rings. The summed E-state index contributed by atoms with van der Waals surface area (Å²) in [7, 11) is 0. The fraction of sp³-hybridized carbons (Fsp3) is 0.944. The highest BCUT2D eigenvalue weighted by atomic mass is 16.1. The molecule has 1 heterocycles. The van der Waals surface area contributed by atoms with Gasteiger partial charge in [0.25, 0.3) is 0 Å². The first kappa shape index (κ1) is 16.8. The van der Waals surface area contributed by atoms with Crippen molar-refractivity contribution < 1.29 is 4.79 Å². The number of carbonyl (C=O) groups is 1. The molecule has 0 bridgehead atoms. The second-order valence-corrected chi connectivity index (χ2v) is 8.45. The van der Waals surface area contributed by atoms with Gasteiger partial charge < -0.3 is 10.6 Å². The molecule has 0 spiro atoms. The maximum atomic E-state index is 12.2. The van der Waals surface area contributed by atoms with E-state index in [-0.39, 0.29) is 0 Å². The molecule has 0 unspecified atom stereocenters. The first-order valence-corrected chi connectivity index (χ1v) is 8.92. The molecule has 3 nitrogen and oxygen atoms in total. The molecule has 2 fully saturated rings. The molecule has 0 aromatic heterocycles. The number of rotatable bonds is 4. The van der Waals surface area contributed by atoms with Crippen molar-refractivity contribution in [2.45, 2.75) is 78.2 Å². The fourth-order valence-electron chi connectivity index (χ4n) is 4.01. The lowest BCUT2D eigenvalue weighted by Gasteiger charge is -2.33. The second kappa shape index (κ2) is 7.62. The van der Waals surface area contributed by atoms with Crippen LogP contribution in [-0.2, 0) is 4.79 Å². The highest BCUT2D eigenvalue weighted by Gasteiger charge is 2.26. The Hall–Kier alpha value is -0.570. The highest BCUT2D eigenvalue weighted by Crippen LogP contribution is 2.34. The molecule has 122 valence electrons. The molecule has 2 N–H and O–H groups in total. The SMILES string of the molecule is CC(C)(C)CC1CCC(NC(=O)CC2CCNCC2)CC1. The molecule has 21 heavy (non-hydrogen) atoms. The van der Waals surface area contributed by atoms with E-state index in [4.69, 9.17) is 0 Å². The maximum Gasteiger partial charge on any atom is 0.220 e. The Labute approximate surface area is 130 Å². The van der Waals surface area contributed by atoms with E-state index in [9.17, 15) is 4.79 Å². The van der Waals surface area contributed by atoms with Gasteiger partial charge in [-0.25, -0.2) is 0 Å². The molecule has 3 heteroatoms. The number of nitrogens with one attached hydrogen (secondary N) is 2. The summed E-state index contributed by atoms with van der Waals surface area (Å²) >= 11 is 0. The quantitative estimate of drug-likeness (QED) is 0.833. The lowest BCUT2D eigenvalue weighted by molar-refractivity contribution is -0.123. The van der Waals surface area contributed by atoms with E-state index in [0.29, 0.717) is 23.3 Å². The molecule has 1 saturated heterocycles. The summed E-state index contributed by atoms with van der Waals surface area (Å²) in [6.07, 6.45) is 9.31. The number of amides is 1. The Bertz CT molecular complexity index is 321. The molecular weight excluding hydrogens is 260 g/mol. The van der Waals surface area contributed by atoms with Gasteiger partial charge in [-0.3, -0.25) is 4.79 Å². The van der Waals surface area contributed by atoms with Crippen molar-refractivity contribution in [2.75, 3.05) is 13.1 Å². The zero-order chi connectivity index (χ0) is 15.3.